The number of ether oxygens (including phenoxy) is 2. The summed E-state index contributed by atoms with van der Waals surface area (Å²) in [5, 5.41) is 10.1. The third-order valence-corrected chi connectivity index (χ3v) is 2.67. The Labute approximate surface area is 96.0 Å². The molecule has 0 heterocycles. The van der Waals surface area contributed by atoms with E-state index in [1.807, 2.05) is 6.92 Å². The average molecular weight is 225 g/mol. The molecule has 0 aromatic heterocycles. The molecule has 3 N–H and O–H groups in total. The van der Waals surface area contributed by atoms with Crippen LogP contribution < -0.4 is 15.2 Å². The number of hydrogen-bond acceptors (Lipinski definition) is 4. The highest BCUT2D eigenvalue weighted by Gasteiger charge is 2.19. The van der Waals surface area contributed by atoms with E-state index < -0.39 is 6.10 Å². The van der Waals surface area contributed by atoms with Crippen LogP contribution in [0.2, 0.25) is 0 Å². The fourth-order valence-electron chi connectivity index (χ4n) is 1.50. The second-order valence-corrected chi connectivity index (χ2v) is 3.77. The molecule has 0 saturated heterocycles. The second kappa shape index (κ2) is 5.72. The van der Waals surface area contributed by atoms with Crippen LogP contribution >= 0.6 is 0 Å². The molecule has 1 aromatic rings. The molecular weight excluding hydrogens is 206 g/mol. The van der Waals surface area contributed by atoms with Gasteiger partial charge in [0.1, 0.15) is 11.5 Å². The van der Waals surface area contributed by atoms with Crippen molar-refractivity contribution in [2.45, 2.75) is 13.0 Å². The third kappa shape index (κ3) is 2.65. The fourth-order valence-corrected chi connectivity index (χ4v) is 1.50. The lowest BCUT2D eigenvalue weighted by atomic mass is 9.96. The highest BCUT2D eigenvalue weighted by molar-refractivity contribution is 5.42. The van der Waals surface area contributed by atoms with Gasteiger partial charge in [0, 0.05) is 11.6 Å². The zero-order chi connectivity index (χ0) is 12.1. The van der Waals surface area contributed by atoms with Gasteiger partial charge >= 0.3 is 0 Å². The summed E-state index contributed by atoms with van der Waals surface area (Å²) in [7, 11) is 3.16. The van der Waals surface area contributed by atoms with Crippen LogP contribution in [0.15, 0.2) is 18.2 Å². The van der Waals surface area contributed by atoms with Crippen molar-refractivity contribution < 1.29 is 14.6 Å². The van der Waals surface area contributed by atoms with Crippen LogP contribution in [0.5, 0.6) is 11.5 Å². The summed E-state index contributed by atoms with van der Waals surface area (Å²) in [5.41, 5.74) is 6.27. The van der Waals surface area contributed by atoms with Gasteiger partial charge in [-0.3, -0.25) is 0 Å². The predicted octanol–water partition coefficient (Wildman–Crippen LogP) is 1.33. The highest BCUT2D eigenvalue weighted by atomic mass is 16.5. The number of benzene rings is 1. The van der Waals surface area contributed by atoms with Gasteiger partial charge in [0.25, 0.3) is 0 Å². The molecule has 4 nitrogen and oxygen atoms in total. The van der Waals surface area contributed by atoms with Crippen molar-refractivity contribution in [3.63, 3.8) is 0 Å². The summed E-state index contributed by atoms with van der Waals surface area (Å²) < 4.78 is 10.3. The van der Waals surface area contributed by atoms with Gasteiger partial charge in [0.15, 0.2) is 0 Å². The first kappa shape index (κ1) is 12.8. The van der Waals surface area contributed by atoms with E-state index >= 15 is 0 Å². The van der Waals surface area contributed by atoms with Crippen LogP contribution in [0.1, 0.15) is 18.6 Å². The molecule has 0 aliphatic heterocycles. The van der Waals surface area contributed by atoms with Gasteiger partial charge in [-0.15, -0.1) is 0 Å². The van der Waals surface area contributed by atoms with Gasteiger partial charge in [0.2, 0.25) is 0 Å². The van der Waals surface area contributed by atoms with E-state index in [4.69, 9.17) is 15.2 Å². The normalized spacial score (nSPS) is 14.3. The van der Waals surface area contributed by atoms with Crippen LogP contribution in [0.3, 0.4) is 0 Å². The number of nitrogens with two attached hydrogens (primary N) is 1. The Hall–Kier alpha value is -1.26. The molecule has 0 aliphatic rings. The van der Waals surface area contributed by atoms with Crippen molar-refractivity contribution in [2.24, 2.45) is 11.7 Å². The molecular formula is C12H19NO3. The van der Waals surface area contributed by atoms with Gasteiger partial charge in [-0.05, 0) is 24.6 Å². The number of methoxy groups -OCH3 is 2. The molecule has 90 valence electrons. The molecule has 2 atom stereocenters. The summed E-state index contributed by atoms with van der Waals surface area (Å²) in [6, 6.07) is 5.35. The maximum atomic E-state index is 10.1. The maximum absolute atomic E-state index is 10.1. The Morgan fingerprint density at radius 3 is 2.50 bits per heavy atom. The second-order valence-electron chi connectivity index (χ2n) is 3.77. The van der Waals surface area contributed by atoms with E-state index in [0.717, 1.165) is 5.56 Å². The minimum absolute atomic E-state index is 0.0118. The largest absolute Gasteiger partial charge is 0.497 e. The Balaban J connectivity index is 3.03. The summed E-state index contributed by atoms with van der Waals surface area (Å²) >= 11 is 0. The number of hydrogen-bond donors (Lipinski definition) is 2. The molecule has 4 heteroatoms. The Kier molecular flexibility index (Phi) is 4.58. The van der Waals surface area contributed by atoms with Crippen molar-refractivity contribution >= 4 is 0 Å². The van der Waals surface area contributed by atoms with Gasteiger partial charge in [-0.25, -0.2) is 0 Å². The highest BCUT2D eigenvalue weighted by Crippen LogP contribution is 2.32. The zero-order valence-corrected chi connectivity index (χ0v) is 9.93. The van der Waals surface area contributed by atoms with Crippen molar-refractivity contribution in [1.29, 1.82) is 0 Å². The monoisotopic (exact) mass is 225 g/mol. The summed E-state index contributed by atoms with van der Waals surface area (Å²) in [6.07, 6.45) is -0.620. The van der Waals surface area contributed by atoms with Gasteiger partial charge in [-0.2, -0.15) is 0 Å². The minimum Gasteiger partial charge on any atom is -0.497 e. The van der Waals surface area contributed by atoms with E-state index in [-0.39, 0.29) is 5.92 Å². The van der Waals surface area contributed by atoms with E-state index in [0.29, 0.717) is 18.0 Å². The molecule has 0 amide bonds. The minimum atomic E-state index is -0.620. The molecule has 16 heavy (non-hydrogen) atoms. The molecule has 0 bridgehead atoms. The first-order valence-corrected chi connectivity index (χ1v) is 5.24. The van der Waals surface area contributed by atoms with Gasteiger partial charge in [-0.1, -0.05) is 6.92 Å². The van der Waals surface area contributed by atoms with Crippen LogP contribution in [-0.2, 0) is 0 Å². The van der Waals surface area contributed by atoms with E-state index in [9.17, 15) is 5.11 Å². The smallest absolute Gasteiger partial charge is 0.128 e. The average Bonchev–Trinajstić information content (AvgIpc) is 2.35. The number of aliphatic hydroxyl groups excluding tert-OH is 1. The van der Waals surface area contributed by atoms with Crippen LogP contribution in [0.25, 0.3) is 0 Å². The summed E-state index contributed by atoms with van der Waals surface area (Å²) in [4.78, 5) is 0. The molecule has 0 radical (unpaired) electrons. The molecule has 2 unspecified atom stereocenters. The zero-order valence-electron chi connectivity index (χ0n) is 9.93. The SMILES string of the molecule is COc1ccc(C(O)C(C)CN)c(OC)c1. The number of rotatable bonds is 5. The first-order valence-electron chi connectivity index (χ1n) is 5.24. The summed E-state index contributed by atoms with van der Waals surface area (Å²) in [6.45, 7) is 2.32. The van der Waals surface area contributed by atoms with Crippen molar-refractivity contribution in [3.05, 3.63) is 23.8 Å². The first-order chi connectivity index (χ1) is 7.63. The van der Waals surface area contributed by atoms with Crippen LogP contribution in [-0.4, -0.2) is 25.9 Å². The molecule has 1 rings (SSSR count). The Bertz CT molecular complexity index is 341. The van der Waals surface area contributed by atoms with Crippen molar-refractivity contribution in [1.82, 2.24) is 0 Å². The van der Waals surface area contributed by atoms with Crippen molar-refractivity contribution in [3.8, 4) is 11.5 Å². The van der Waals surface area contributed by atoms with E-state index in [1.165, 1.54) is 0 Å². The standard InChI is InChI=1S/C12H19NO3/c1-8(7-13)12(14)10-5-4-9(15-2)6-11(10)16-3/h4-6,8,12,14H,7,13H2,1-3H3. The topological polar surface area (TPSA) is 64.7 Å². The Morgan fingerprint density at radius 1 is 1.31 bits per heavy atom. The lowest BCUT2D eigenvalue weighted by Crippen LogP contribution is -2.19. The molecule has 0 aliphatic carbocycles. The fraction of sp³-hybridized carbons (Fsp3) is 0.500. The molecule has 0 fully saturated rings. The van der Waals surface area contributed by atoms with E-state index in [1.54, 1.807) is 32.4 Å². The van der Waals surface area contributed by atoms with Gasteiger partial charge in [0.05, 0.1) is 20.3 Å². The maximum Gasteiger partial charge on any atom is 0.128 e. The third-order valence-electron chi connectivity index (χ3n) is 2.67. The lowest BCUT2D eigenvalue weighted by Gasteiger charge is -2.20. The van der Waals surface area contributed by atoms with Crippen molar-refractivity contribution in [2.75, 3.05) is 20.8 Å². The van der Waals surface area contributed by atoms with Gasteiger partial charge < -0.3 is 20.3 Å². The molecule has 0 saturated carbocycles. The van der Waals surface area contributed by atoms with E-state index in [2.05, 4.69) is 0 Å². The van der Waals surface area contributed by atoms with Crippen LogP contribution in [0.4, 0.5) is 0 Å². The molecule has 0 spiro atoms. The predicted molar refractivity (Wildman–Crippen MR) is 62.7 cm³/mol. The molecule has 1 aromatic carbocycles. The lowest BCUT2D eigenvalue weighted by molar-refractivity contribution is 0.118. The number of aliphatic hydroxyl groups is 1. The van der Waals surface area contributed by atoms with Crippen LogP contribution in [0, 0.1) is 5.92 Å². The Morgan fingerprint density at radius 2 is 2.00 bits per heavy atom. The quantitative estimate of drug-likeness (QED) is 0.793. The summed E-state index contributed by atoms with van der Waals surface area (Å²) in [5.74, 6) is 1.31.